The zero-order valence-corrected chi connectivity index (χ0v) is 16.7. The molecule has 0 saturated carbocycles. The highest BCUT2D eigenvalue weighted by Crippen LogP contribution is 2.25. The molecular weight excluding hydrogens is 422 g/mol. The number of halogens is 4. The summed E-state index contributed by atoms with van der Waals surface area (Å²) in [4.78, 5) is 28.6. The largest absolute Gasteiger partial charge is 0.350 e. The number of nitrogens with zero attached hydrogens (tertiary/aromatic N) is 5. The van der Waals surface area contributed by atoms with Gasteiger partial charge >= 0.3 is 0 Å². The summed E-state index contributed by atoms with van der Waals surface area (Å²) >= 11 is 0. The van der Waals surface area contributed by atoms with E-state index in [4.69, 9.17) is 0 Å². The fourth-order valence-electron chi connectivity index (χ4n) is 2.76. The molecule has 0 fully saturated rings. The molecule has 31 heavy (non-hydrogen) atoms. The standard InChI is InChI=1S/C18H19F4N7O2/c1-8(2)6-23-18(31)14-11(7-24-28(14)3)26-17(30)10-5-13-25-9(15(19)20)4-12(16(21)22)29(13)27-10/h4-5,7-8,15-16H,6H2,1-3H3,(H,23,31)(H,26,30). The molecule has 13 heteroatoms. The molecule has 9 nitrogen and oxygen atoms in total. The number of alkyl halides is 4. The SMILES string of the molecule is CC(C)CNC(=O)c1c(NC(=O)c2cc3nc(C(F)F)cc(C(F)F)n3n2)cnn1C. The molecule has 0 aromatic carbocycles. The zero-order chi connectivity index (χ0) is 22.9. The van der Waals surface area contributed by atoms with Gasteiger partial charge in [-0.3, -0.25) is 14.3 Å². The van der Waals surface area contributed by atoms with Crippen LogP contribution in [0.4, 0.5) is 23.2 Å². The number of hydrogen-bond donors (Lipinski definition) is 2. The summed E-state index contributed by atoms with van der Waals surface area (Å²) in [6, 6.07) is 1.54. The van der Waals surface area contributed by atoms with Crippen LogP contribution in [-0.4, -0.2) is 42.7 Å². The van der Waals surface area contributed by atoms with Crippen molar-refractivity contribution in [3.05, 3.63) is 41.1 Å². The van der Waals surface area contributed by atoms with Crippen LogP contribution in [0.3, 0.4) is 0 Å². The number of hydrogen-bond acceptors (Lipinski definition) is 5. The summed E-state index contributed by atoms with van der Waals surface area (Å²) in [6.07, 6.45) is -4.94. The third-order valence-electron chi connectivity index (χ3n) is 4.23. The Balaban J connectivity index is 1.91. The Morgan fingerprint density at radius 1 is 1.10 bits per heavy atom. The molecule has 0 aliphatic heterocycles. The fourth-order valence-corrected chi connectivity index (χ4v) is 2.76. The van der Waals surface area contributed by atoms with Crippen molar-refractivity contribution in [1.82, 2.24) is 29.7 Å². The third-order valence-corrected chi connectivity index (χ3v) is 4.23. The highest BCUT2D eigenvalue weighted by Gasteiger charge is 2.24. The number of carbonyl (C=O) groups excluding carboxylic acids is 2. The molecule has 0 unspecified atom stereocenters. The highest BCUT2D eigenvalue weighted by atomic mass is 19.3. The molecule has 3 aromatic rings. The summed E-state index contributed by atoms with van der Waals surface area (Å²) < 4.78 is 54.4. The Hall–Kier alpha value is -3.51. The number of nitrogens with one attached hydrogen (secondary N) is 2. The van der Waals surface area contributed by atoms with Gasteiger partial charge in [0, 0.05) is 19.7 Å². The number of amides is 2. The number of aryl methyl sites for hydroxylation is 1. The van der Waals surface area contributed by atoms with Gasteiger partial charge in [-0.1, -0.05) is 13.8 Å². The molecule has 3 aromatic heterocycles. The fraction of sp³-hybridized carbons (Fsp3) is 0.389. The summed E-state index contributed by atoms with van der Waals surface area (Å²) in [6.45, 7) is 4.23. The Bertz CT molecular complexity index is 1120. The molecule has 0 spiro atoms. The van der Waals surface area contributed by atoms with Gasteiger partial charge in [0.2, 0.25) is 0 Å². The molecule has 0 saturated heterocycles. The molecule has 2 amide bonds. The van der Waals surface area contributed by atoms with Crippen LogP contribution >= 0.6 is 0 Å². The minimum absolute atomic E-state index is 0.0705. The van der Waals surface area contributed by atoms with Gasteiger partial charge in [0.1, 0.15) is 17.1 Å². The van der Waals surface area contributed by atoms with Crippen LogP contribution in [0, 0.1) is 5.92 Å². The second kappa shape index (κ2) is 8.70. The van der Waals surface area contributed by atoms with E-state index in [9.17, 15) is 27.2 Å². The van der Waals surface area contributed by atoms with Crippen LogP contribution < -0.4 is 10.6 Å². The van der Waals surface area contributed by atoms with E-state index in [-0.39, 0.29) is 28.6 Å². The van der Waals surface area contributed by atoms with Crippen molar-refractivity contribution in [3.63, 3.8) is 0 Å². The quantitative estimate of drug-likeness (QED) is 0.549. The average Bonchev–Trinajstić information content (AvgIpc) is 3.28. The molecular formula is C18H19F4N7O2. The van der Waals surface area contributed by atoms with Crippen LogP contribution in [0.2, 0.25) is 0 Å². The number of fused-ring (bicyclic) bond motifs is 1. The second-order valence-electron chi connectivity index (χ2n) is 7.10. The Labute approximate surface area is 173 Å². The lowest BCUT2D eigenvalue weighted by molar-refractivity contribution is 0.0940. The highest BCUT2D eigenvalue weighted by molar-refractivity contribution is 6.07. The van der Waals surface area contributed by atoms with Crippen molar-refractivity contribution < 1.29 is 27.2 Å². The molecule has 3 heterocycles. The molecule has 166 valence electrons. The van der Waals surface area contributed by atoms with Crippen LogP contribution in [0.5, 0.6) is 0 Å². The number of carbonyl (C=O) groups is 2. The van der Waals surface area contributed by atoms with Crippen LogP contribution in [0.1, 0.15) is 59.1 Å². The van der Waals surface area contributed by atoms with E-state index in [2.05, 4.69) is 25.8 Å². The van der Waals surface area contributed by atoms with Crippen LogP contribution in [0.15, 0.2) is 18.3 Å². The molecule has 0 atom stereocenters. The van der Waals surface area contributed by atoms with Crippen molar-refractivity contribution in [2.24, 2.45) is 13.0 Å². The van der Waals surface area contributed by atoms with Crippen molar-refractivity contribution in [1.29, 1.82) is 0 Å². The smallest absolute Gasteiger partial charge is 0.280 e. The molecule has 0 aliphatic carbocycles. The molecule has 2 N–H and O–H groups in total. The summed E-state index contributed by atoms with van der Waals surface area (Å²) in [5, 5.41) is 12.8. The minimum atomic E-state index is -3.12. The normalized spacial score (nSPS) is 11.7. The summed E-state index contributed by atoms with van der Waals surface area (Å²) in [5.41, 5.74) is -2.22. The molecule has 0 radical (unpaired) electrons. The predicted octanol–water partition coefficient (Wildman–Crippen LogP) is 2.98. The summed E-state index contributed by atoms with van der Waals surface area (Å²) in [7, 11) is 1.51. The first-order valence-corrected chi connectivity index (χ1v) is 9.17. The van der Waals surface area contributed by atoms with E-state index in [1.54, 1.807) is 0 Å². The monoisotopic (exact) mass is 441 g/mol. The van der Waals surface area contributed by atoms with Crippen molar-refractivity contribution in [2.75, 3.05) is 11.9 Å². The van der Waals surface area contributed by atoms with Crippen molar-refractivity contribution in [3.8, 4) is 0 Å². The Morgan fingerprint density at radius 2 is 1.81 bits per heavy atom. The first-order valence-electron chi connectivity index (χ1n) is 9.17. The first kappa shape index (κ1) is 22.2. The van der Waals surface area contributed by atoms with Crippen LogP contribution in [-0.2, 0) is 7.05 Å². The van der Waals surface area contributed by atoms with Gasteiger partial charge in [0.25, 0.3) is 24.7 Å². The van der Waals surface area contributed by atoms with Crippen molar-refractivity contribution >= 4 is 23.1 Å². The number of anilines is 1. The van der Waals surface area contributed by atoms with Gasteiger partial charge in [-0.15, -0.1) is 0 Å². The van der Waals surface area contributed by atoms with Gasteiger partial charge < -0.3 is 10.6 Å². The predicted molar refractivity (Wildman–Crippen MR) is 101 cm³/mol. The van der Waals surface area contributed by atoms with Crippen molar-refractivity contribution in [2.45, 2.75) is 26.7 Å². The Kier molecular flexibility index (Phi) is 6.22. The lowest BCUT2D eigenvalue weighted by atomic mass is 10.2. The third kappa shape index (κ3) is 4.64. The maximum absolute atomic E-state index is 13.3. The van der Waals surface area contributed by atoms with E-state index in [0.29, 0.717) is 17.1 Å². The van der Waals surface area contributed by atoms with Gasteiger partial charge in [-0.25, -0.2) is 27.1 Å². The molecule has 0 bridgehead atoms. The number of rotatable bonds is 7. The lowest BCUT2D eigenvalue weighted by Gasteiger charge is -2.10. The van der Waals surface area contributed by atoms with E-state index in [1.165, 1.54) is 17.9 Å². The zero-order valence-electron chi connectivity index (χ0n) is 16.7. The first-order chi connectivity index (χ1) is 14.6. The van der Waals surface area contributed by atoms with E-state index < -0.39 is 36.1 Å². The minimum Gasteiger partial charge on any atom is -0.350 e. The average molecular weight is 441 g/mol. The van der Waals surface area contributed by atoms with Gasteiger partial charge in [0.05, 0.1) is 11.9 Å². The second-order valence-corrected chi connectivity index (χ2v) is 7.10. The molecule has 3 rings (SSSR count). The van der Waals surface area contributed by atoms with Gasteiger partial charge in [0.15, 0.2) is 11.3 Å². The van der Waals surface area contributed by atoms with Gasteiger partial charge in [-0.05, 0) is 12.0 Å². The van der Waals surface area contributed by atoms with E-state index in [1.807, 2.05) is 13.8 Å². The lowest BCUT2D eigenvalue weighted by Crippen LogP contribution is -2.30. The molecule has 0 aliphatic rings. The topological polar surface area (TPSA) is 106 Å². The van der Waals surface area contributed by atoms with E-state index >= 15 is 0 Å². The Morgan fingerprint density at radius 3 is 2.42 bits per heavy atom. The maximum atomic E-state index is 13.3. The van der Waals surface area contributed by atoms with E-state index in [0.717, 1.165) is 6.07 Å². The number of aromatic nitrogens is 5. The van der Waals surface area contributed by atoms with Crippen LogP contribution in [0.25, 0.3) is 5.65 Å². The summed E-state index contributed by atoms with van der Waals surface area (Å²) in [5.74, 6) is -1.12. The van der Waals surface area contributed by atoms with Gasteiger partial charge in [-0.2, -0.15) is 10.2 Å². The maximum Gasteiger partial charge on any atom is 0.280 e.